The molecule has 2 aromatic rings. The van der Waals surface area contributed by atoms with Crippen LogP contribution in [-0.4, -0.2) is 35.2 Å². The number of amides is 3. The maximum Gasteiger partial charge on any atom is 0.253 e. The zero-order chi connectivity index (χ0) is 21.9. The third-order valence-electron chi connectivity index (χ3n) is 6.72. The van der Waals surface area contributed by atoms with Crippen molar-refractivity contribution in [2.45, 2.75) is 32.0 Å². The second-order valence-electron chi connectivity index (χ2n) is 8.86. The molecule has 6 nitrogen and oxygen atoms in total. The number of rotatable bonds is 4. The number of hydrogen-bond donors (Lipinski definition) is 1. The summed E-state index contributed by atoms with van der Waals surface area (Å²) in [5, 5.41) is 3.40. The van der Waals surface area contributed by atoms with Gasteiger partial charge in [-0.25, -0.2) is 0 Å². The van der Waals surface area contributed by atoms with E-state index in [0.717, 1.165) is 22.4 Å². The Labute approximate surface area is 181 Å². The zero-order valence-corrected chi connectivity index (χ0v) is 17.7. The van der Waals surface area contributed by atoms with Crippen molar-refractivity contribution in [2.24, 2.45) is 11.8 Å². The molecule has 1 spiro atoms. The van der Waals surface area contributed by atoms with Crippen LogP contribution in [0.15, 0.2) is 66.7 Å². The van der Waals surface area contributed by atoms with Gasteiger partial charge in [0.2, 0.25) is 11.8 Å². The van der Waals surface area contributed by atoms with Crippen molar-refractivity contribution in [1.29, 1.82) is 0 Å². The number of imide groups is 1. The lowest BCUT2D eigenvalue weighted by molar-refractivity contribution is -0.143. The molecule has 31 heavy (non-hydrogen) atoms. The Morgan fingerprint density at radius 2 is 1.68 bits per heavy atom. The summed E-state index contributed by atoms with van der Waals surface area (Å²) in [4.78, 5) is 43.9. The first-order valence-electron chi connectivity index (χ1n) is 10.6. The average molecular weight is 415 g/mol. The first-order valence-corrected chi connectivity index (χ1v) is 10.6. The van der Waals surface area contributed by atoms with E-state index in [1.807, 2.05) is 68.4 Å². The lowest BCUT2D eigenvalue weighted by Crippen LogP contribution is -2.54. The van der Waals surface area contributed by atoms with Crippen LogP contribution in [0.5, 0.6) is 0 Å². The third kappa shape index (κ3) is 2.64. The topological polar surface area (TPSA) is 69.7 Å². The van der Waals surface area contributed by atoms with Gasteiger partial charge in [0.25, 0.3) is 5.91 Å². The normalized spacial score (nSPS) is 29.1. The molecule has 0 radical (unpaired) electrons. The first kappa shape index (κ1) is 19.7. The fourth-order valence-corrected chi connectivity index (χ4v) is 5.52. The summed E-state index contributed by atoms with van der Waals surface area (Å²) in [5.41, 5.74) is 2.05. The highest BCUT2D eigenvalue weighted by molar-refractivity contribution is 6.16. The van der Waals surface area contributed by atoms with Crippen LogP contribution in [0.1, 0.15) is 25.0 Å². The van der Waals surface area contributed by atoms with Gasteiger partial charge in [-0.05, 0) is 25.5 Å². The Hall–Kier alpha value is -3.25. The lowest BCUT2D eigenvalue weighted by Gasteiger charge is -2.30. The van der Waals surface area contributed by atoms with Crippen LogP contribution < -0.4 is 10.2 Å². The maximum atomic E-state index is 13.9. The minimum absolute atomic E-state index is 0.182. The van der Waals surface area contributed by atoms with E-state index in [1.165, 1.54) is 4.90 Å². The van der Waals surface area contributed by atoms with Crippen molar-refractivity contribution >= 4 is 23.4 Å². The Morgan fingerprint density at radius 1 is 1.00 bits per heavy atom. The maximum absolute atomic E-state index is 13.9. The molecule has 2 saturated heterocycles. The monoisotopic (exact) mass is 415 g/mol. The van der Waals surface area contributed by atoms with Crippen LogP contribution in [0.4, 0.5) is 5.69 Å². The van der Waals surface area contributed by atoms with Crippen molar-refractivity contribution in [3.8, 4) is 0 Å². The molecule has 3 heterocycles. The van der Waals surface area contributed by atoms with Gasteiger partial charge in [-0.2, -0.15) is 0 Å². The Kier molecular flexibility index (Phi) is 4.38. The number of carbonyl (C=O) groups is 3. The first-order chi connectivity index (χ1) is 14.9. The van der Waals surface area contributed by atoms with Crippen molar-refractivity contribution < 1.29 is 14.4 Å². The number of benzene rings is 2. The number of anilines is 1. The van der Waals surface area contributed by atoms with Crippen molar-refractivity contribution in [3.05, 3.63) is 77.9 Å². The molecule has 0 aliphatic carbocycles. The molecule has 2 fully saturated rings. The van der Waals surface area contributed by atoms with E-state index in [2.05, 4.69) is 11.9 Å². The zero-order valence-electron chi connectivity index (χ0n) is 17.7. The number of hydrogen-bond acceptors (Lipinski definition) is 4. The molecule has 0 saturated carbocycles. The summed E-state index contributed by atoms with van der Waals surface area (Å²) >= 11 is 0. The molecule has 3 aliphatic rings. The van der Waals surface area contributed by atoms with Gasteiger partial charge in [-0.1, -0.05) is 60.7 Å². The molecule has 3 amide bonds. The van der Waals surface area contributed by atoms with Crippen molar-refractivity contribution in [2.75, 3.05) is 11.4 Å². The van der Waals surface area contributed by atoms with E-state index < -0.39 is 17.4 Å². The summed E-state index contributed by atoms with van der Waals surface area (Å²) in [7, 11) is 0. The standard InChI is InChI=1S/C25H25N3O3/c1-15(2)13-27-19-12-8-7-11-18(19)25(24(27)31)21-20(16(3)26-25)22(29)28(23(21)30)14-17-9-5-4-6-10-17/h4-12,16,20-21,26H,1,13-14H2,2-3H3/t16-,20+,21-,25-/m0/s1. The van der Waals surface area contributed by atoms with Crippen molar-refractivity contribution in [3.63, 3.8) is 0 Å². The molecule has 0 bridgehead atoms. The smallest absolute Gasteiger partial charge is 0.253 e. The van der Waals surface area contributed by atoms with E-state index in [0.29, 0.717) is 6.54 Å². The summed E-state index contributed by atoms with van der Waals surface area (Å²) in [6, 6.07) is 16.7. The highest BCUT2D eigenvalue weighted by atomic mass is 16.2. The van der Waals surface area contributed by atoms with Gasteiger partial charge in [0.15, 0.2) is 0 Å². The van der Waals surface area contributed by atoms with Gasteiger partial charge in [0, 0.05) is 23.8 Å². The fourth-order valence-electron chi connectivity index (χ4n) is 5.52. The fraction of sp³-hybridized carbons (Fsp3) is 0.320. The number of para-hydroxylation sites is 1. The predicted molar refractivity (Wildman–Crippen MR) is 117 cm³/mol. The van der Waals surface area contributed by atoms with Gasteiger partial charge in [-0.15, -0.1) is 0 Å². The quantitative estimate of drug-likeness (QED) is 0.616. The second kappa shape index (κ2) is 6.89. The van der Waals surface area contributed by atoms with Gasteiger partial charge >= 0.3 is 0 Å². The van der Waals surface area contributed by atoms with Crippen LogP contribution in [0.2, 0.25) is 0 Å². The van der Waals surface area contributed by atoms with Crippen molar-refractivity contribution in [1.82, 2.24) is 10.2 Å². The van der Waals surface area contributed by atoms with Crippen LogP contribution in [0.25, 0.3) is 0 Å². The molecule has 1 N–H and O–H groups in total. The van der Waals surface area contributed by atoms with E-state index in [9.17, 15) is 14.4 Å². The number of nitrogens with zero attached hydrogens (tertiary/aromatic N) is 2. The van der Waals surface area contributed by atoms with E-state index in [1.54, 1.807) is 4.90 Å². The van der Waals surface area contributed by atoms with Crippen LogP contribution in [-0.2, 0) is 26.5 Å². The second-order valence-corrected chi connectivity index (χ2v) is 8.86. The van der Waals surface area contributed by atoms with Crippen LogP contribution in [0.3, 0.4) is 0 Å². The lowest BCUT2D eigenvalue weighted by atomic mass is 9.76. The number of fused-ring (bicyclic) bond motifs is 4. The summed E-state index contributed by atoms with van der Waals surface area (Å²) in [6.45, 7) is 8.33. The molecule has 2 aromatic carbocycles. The number of carbonyl (C=O) groups excluding carboxylic acids is 3. The van der Waals surface area contributed by atoms with Crippen LogP contribution in [0, 0.1) is 11.8 Å². The predicted octanol–water partition coefficient (Wildman–Crippen LogP) is 2.60. The molecular weight excluding hydrogens is 390 g/mol. The van der Waals surface area contributed by atoms with Gasteiger partial charge in [0.1, 0.15) is 5.54 Å². The third-order valence-corrected chi connectivity index (χ3v) is 6.72. The molecule has 0 aromatic heterocycles. The Bertz CT molecular complexity index is 1110. The van der Waals surface area contributed by atoms with Gasteiger partial charge < -0.3 is 4.90 Å². The highest BCUT2D eigenvalue weighted by Crippen LogP contribution is 2.54. The van der Waals surface area contributed by atoms with Gasteiger partial charge in [-0.3, -0.25) is 24.6 Å². The largest absolute Gasteiger partial charge is 0.306 e. The highest BCUT2D eigenvalue weighted by Gasteiger charge is 2.70. The molecule has 5 rings (SSSR count). The number of nitrogens with one attached hydrogen (secondary N) is 1. The average Bonchev–Trinajstić information content (AvgIpc) is 3.29. The minimum atomic E-state index is -1.23. The minimum Gasteiger partial charge on any atom is -0.306 e. The van der Waals surface area contributed by atoms with E-state index >= 15 is 0 Å². The molecular formula is C25H25N3O3. The summed E-state index contributed by atoms with van der Waals surface area (Å²) in [5.74, 6) is -2.00. The molecule has 6 heteroatoms. The summed E-state index contributed by atoms with van der Waals surface area (Å²) < 4.78 is 0. The van der Waals surface area contributed by atoms with Crippen LogP contribution >= 0.6 is 0 Å². The molecule has 4 atom stereocenters. The van der Waals surface area contributed by atoms with Gasteiger partial charge in [0.05, 0.1) is 18.4 Å². The SMILES string of the molecule is C=C(C)CN1C(=O)[C@]2(N[C@@H](C)[C@H]3C(=O)N(Cc4ccccc4)C(=O)[C@H]32)c2ccccc21. The van der Waals surface area contributed by atoms with E-state index in [-0.39, 0.29) is 30.3 Å². The summed E-state index contributed by atoms with van der Waals surface area (Å²) in [6.07, 6.45) is 0. The Balaban J connectivity index is 1.60. The van der Waals surface area contributed by atoms with E-state index in [4.69, 9.17) is 0 Å². The number of likely N-dealkylation sites (tertiary alicyclic amines) is 1. The molecule has 3 aliphatic heterocycles. The molecule has 158 valence electrons. The molecule has 0 unspecified atom stereocenters. The Morgan fingerprint density at radius 3 is 2.39 bits per heavy atom.